The standard InChI is InChI=1S/C26H33F4N5O/c1-16(2)33(4)14-20(19-7-6-18(13-21(19)27)26(28,29)30)25(36)35-11-9-34(10-12-35)24-23-17(3)5-8-22(23)31-15-32-24/h6-7,13,15-17,20H,5,8-12,14H2,1-4H3. The van der Waals surface area contributed by atoms with E-state index in [0.29, 0.717) is 38.2 Å². The summed E-state index contributed by atoms with van der Waals surface area (Å²) < 4.78 is 54.2. The van der Waals surface area contributed by atoms with Gasteiger partial charge in [0.2, 0.25) is 5.91 Å². The number of rotatable bonds is 6. The van der Waals surface area contributed by atoms with Gasteiger partial charge in [0.25, 0.3) is 0 Å². The lowest BCUT2D eigenvalue weighted by Gasteiger charge is -2.38. The molecule has 2 atom stereocenters. The first-order chi connectivity index (χ1) is 17.0. The van der Waals surface area contributed by atoms with E-state index in [1.807, 2.05) is 25.8 Å². The number of hydrogen-bond acceptors (Lipinski definition) is 5. The summed E-state index contributed by atoms with van der Waals surface area (Å²) in [6.45, 7) is 8.28. The zero-order chi connectivity index (χ0) is 26.2. The van der Waals surface area contributed by atoms with Crippen LogP contribution in [0.25, 0.3) is 0 Å². The number of carbonyl (C=O) groups excluding carboxylic acids is 1. The highest BCUT2D eigenvalue weighted by molar-refractivity contribution is 5.84. The first-order valence-corrected chi connectivity index (χ1v) is 12.4. The van der Waals surface area contributed by atoms with Crippen LogP contribution in [0, 0.1) is 5.82 Å². The van der Waals surface area contributed by atoms with Crippen LogP contribution in [0.4, 0.5) is 23.4 Å². The fourth-order valence-electron chi connectivity index (χ4n) is 5.03. The minimum absolute atomic E-state index is 0.00891. The first kappa shape index (κ1) is 26.3. The predicted molar refractivity (Wildman–Crippen MR) is 129 cm³/mol. The van der Waals surface area contributed by atoms with Gasteiger partial charge in [-0.1, -0.05) is 13.0 Å². The highest BCUT2D eigenvalue weighted by Gasteiger charge is 2.36. The molecule has 2 heterocycles. The van der Waals surface area contributed by atoms with Crippen molar-refractivity contribution in [2.24, 2.45) is 0 Å². The Morgan fingerprint density at radius 1 is 1.17 bits per heavy atom. The van der Waals surface area contributed by atoms with Crippen LogP contribution in [-0.2, 0) is 17.4 Å². The number of alkyl halides is 3. The third-order valence-electron chi connectivity index (χ3n) is 7.50. The van der Waals surface area contributed by atoms with E-state index in [1.165, 1.54) is 5.56 Å². The topological polar surface area (TPSA) is 52.6 Å². The average Bonchev–Trinajstić information content (AvgIpc) is 3.22. The monoisotopic (exact) mass is 507 g/mol. The molecule has 0 bridgehead atoms. The van der Waals surface area contributed by atoms with Gasteiger partial charge in [-0.25, -0.2) is 14.4 Å². The largest absolute Gasteiger partial charge is 0.416 e. The lowest BCUT2D eigenvalue weighted by Crippen LogP contribution is -2.51. The number of aromatic nitrogens is 2. The maximum atomic E-state index is 14.9. The van der Waals surface area contributed by atoms with Gasteiger partial charge in [-0.05, 0) is 51.8 Å². The molecule has 10 heteroatoms. The molecule has 6 nitrogen and oxygen atoms in total. The second-order valence-electron chi connectivity index (χ2n) is 10.1. The minimum Gasteiger partial charge on any atom is -0.353 e. The number of carbonyl (C=O) groups is 1. The van der Waals surface area contributed by atoms with E-state index in [4.69, 9.17) is 0 Å². The normalized spacial score (nSPS) is 19.2. The number of amides is 1. The van der Waals surface area contributed by atoms with Crippen molar-refractivity contribution >= 4 is 11.7 Å². The van der Waals surface area contributed by atoms with Crippen LogP contribution in [0.3, 0.4) is 0 Å². The summed E-state index contributed by atoms with van der Waals surface area (Å²) in [7, 11) is 1.82. The van der Waals surface area contributed by atoms with E-state index < -0.39 is 23.5 Å². The van der Waals surface area contributed by atoms with E-state index in [1.54, 1.807) is 11.2 Å². The van der Waals surface area contributed by atoms with Crippen molar-refractivity contribution < 1.29 is 22.4 Å². The van der Waals surface area contributed by atoms with E-state index in [9.17, 15) is 22.4 Å². The van der Waals surface area contributed by atoms with Gasteiger partial charge in [0, 0.05) is 55.6 Å². The Morgan fingerprint density at radius 2 is 1.86 bits per heavy atom. The number of hydrogen-bond donors (Lipinski definition) is 0. The Hall–Kier alpha value is -2.75. The number of aryl methyl sites for hydroxylation is 1. The molecule has 0 saturated carbocycles. The lowest BCUT2D eigenvalue weighted by molar-refractivity contribution is -0.137. The third-order valence-corrected chi connectivity index (χ3v) is 7.50. The second-order valence-corrected chi connectivity index (χ2v) is 10.1. The molecule has 2 aromatic rings. The van der Waals surface area contributed by atoms with Crippen LogP contribution in [0.2, 0.25) is 0 Å². The number of likely N-dealkylation sites (N-methyl/N-ethyl adjacent to an activating group) is 1. The first-order valence-electron chi connectivity index (χ1n) is 12.4. The Balaban J connectivity index is 1.54. The Kier molecular flexibility index (Phi) is 7.54. The third kappa shape index (κ3) is 5.33. The molecule has 36 heavy (non-hydrogen) atoms. The van der Waals surface area contributed by atoms with Gasteiger partial charge >= 0.3 is 6.18 Å². The Bertz CT molecular complexity index is 1100. The van der Waals surface area contributed by atoms with Gasteiger partial charge in [0.05, 0.1) is 11.5 Å². The summed E-state index contributed by atoms with van der Waals surface area (Å²) >= 11 is 0. The maximum absolute atomic E-state index is 14.9. The highest BCUT2D eigenvalue weighted by Crippen LogP contribution is 2.37. The molecule has 0 radical (unpaired) electrons. The molecule has 0 N–H and O–H groups in total. The number of benzene rings is 1. The van der Waals surface area contributed by atoms with Gasteiger partial charge in [-0.3, -0.25) is 4.79 Å². The zero-order valence-electron chi connectivity index (χ0n) is 21.1. The summed E-state index contributed by atoms with van der Waals surface area (Å²) in [6, 6.07) is 2.52. The molecule has 1 aromatic heterocycles. The number of anilines is 1. The second kappa shape index (κ2) is 10.3. The van der Waals surface area contributed by atoms with Gasteiger partial charge in [-0.2, -0.15) is 13.2 Å². The number of fused-ring (bicyclic) bond motifs is 1. The summed E-state index contributed by atoms with van der Waals surface area (Å²) in [5.41, 5.74) is 1.19. The minimum atomic E-state index is -4.65. The van der Waals surface area contributed by atoms with E-state index in [2.05, 4.69) is 21.8 Å². The molecule has 1 aliphatic carbocycles. The van der Waals surface area contributed by atoms with Gasteiger partial charge in [0.1, 0.15) is 18.0 Å². The number of nitrogens with zero attached hydrogens (tertiary/aromatic N) is 5. The summed E-state index contributed by atoms with van der Waals surface area (Å²) in [5.74, 6) is -0.891. The van der Waals surface area contributed by atoms with Crippen molar-refractivity contribution in [3.05, 3.63) is 52.7 Å². The summed E-state index contributed by atoms with van der Waals surface area (Å²) in [4.78, 5) is 28.4. The van der Waals surface area contributed by atoms with Gasteiger partial charge in [0.15, 0.2) is 0 Å². The van der Waals surface area contributed by atoms with E-state index in [-0.39, 0.29) is 24.1 Å². The Morgan fingerprint density at radius 3 is 2.47 bits per heavy atom. The Labute approximate surface area is 209 Å². The van der Waals surface area contributed by atoms with Crippen LogP contribution in [0.1, 0.15) is 61.4 Å². The van der Waals surface area contributed by atoms with Gasteiger partial charge < -0.3 is 14.7 Å². The van der Waals surface area contributed by atoms with Crippen LogP contribution >= 0.6 is 0 Å². The van der Waals surface area contributed by atoms with Crippen LogP contribution in [0.15, 0.2) is 24.5 Å². The summed E-state index contributed by atoms with van der Waals surface area (Å²) in [5, 5.41) is 0. The highest BCUT2D eigenvalue weighted by atomic mass is 19.4. The molecule has 1 saturated heterocycles. The molecular formula is C26H33F4N5O. The van der Waals surface area contributed by atoms with E-state index in [0.717, 1.165) is 36.5 Å². The molecule has 0 spiro atoms. The smallest absolute Gasteiger partial charge is 0.353 e. The molecule has 4 rings (SSSR count). The number of halogens is 4. The fourth-order valence-corrected chi connectivity index (χ4v) is 5.03. The van der Waals surface area contributed by atoms with Crippen molar-refractivity contribution in [1.29, 1.82) is 0 Å². The quantitative estimate of drug-likeness (QED) is 0.541. The molecule has 196 valence electrons. The maximum Gasteiger partial charge on any atom is 0.416 e. The van der Waals surface area contributed by atoms with Crippen molar-refractivity contribution in [2.75, 3.05) is 44.7 Å². The molecular weight excluding hydrogens is 474 g/mol. The summed E-state index contributed by atoms with van der Waals surface area (Å²) in [6.07, 6.45) is -1.07. The van der Waals surface area contributed by atoms with Crippen molar-refractivity contribution in [2.45, 2.75) is 57.7 Å². The van der Waals surface area contributed by atoms with Crippen molar-refractivity contribution in [1.82, 2.24) is 19.8 Å². The van der Waals surface area contributed by atoms with Crippen LogP contribution in [-0.4, -0.2) is 71.5 Å². The van der Waals surface area contributed by atoms with Crippen molar-refractivity contribution in [3.8, 4) is 0 Å². The number of piperazine rings is 1. The molecule has 1 aromatic carbocycles. The lowest BCUT2D eigenvalue weighted by atomic mass is 9.94. The molecule has 1 amide bonds. The average molecular weight is 508 g/mol. The van der Waals surface area contributed by atoms with Gasteiger partial charge in [-0.15, -0.1) is 0 Å². The molecule has 2 aliphatic rings. The molecule has 1 aliphatic heterocycles. The van der Waals surface area contributed by atoms with Crippen LogP contribution in [0.5, 0.6) is 0 Å². The zero-order valence-corrected chi connectivity index (χ0v) is 21.1. The van der Waals surface area contributed by atoms with Crippen molar-refractivity contribution in [3.63, 3.8) is 0 Å². The SMILES string of the molecule is CC1CCc2ncnc(N3CCN(C(=O)C(CN(C)C(C)C)c4ccc(C(F)(F)F)cc4F)CC3)c21. The van der Waals surface area contributed by atoms with Crippen LogP contribution < -0.4 is 4.90 Å². The molecule has 2 unspecified atom stereocenters. The fraction of sp³-hybridized carbons (Fsp3) is 0.577. The molecule has 1 fully saturated rings. The predicted octanol–water partition coefficient (Wildman–Crippen LogP) is 4.46. The van der Waals surface area contributed by atoms with E-state index >= 15 is 0 Å².